The Morgan fingerprint density at radius 2 is 1.88 bits per heavy atom. The Balaban J connectivity index is 1.34. The molecule has 1 aromatic rings. The average Bonchev–Trinajstić information content (AvgIpc) is 3.60. The molecule has 1 N–H and O–H groups in total. The van der Waals surface area contributed by atoms with E-state index in [0.29, 0.717) is 59.8 Å². The summed E-state index contributed by atoms with van der Waals surface area (Å²) in [4.78, 5) is 53.4. The van der Waals surface area contributed by atoms with E-state index in [1.54, 1.807) is 29.2 Å². The fourth-order valence-corrected chi connectivity index (χ4v) is 5.26. The van der Waals surface area contributed by atoms with Crippen LogP contribution >= 0.6 is 23.4 Å². The maximum Gasteiger partial charge on any atom is 0.294 e. The highest BCUT2D eigenvalue weighted by Gasteiger charge is 2.39. The number of carbonyl (C=O) groups excluding carboxylic acids is 4. The number of nitrogens with zero attached hydrogens (tertiary/aromatic N) is 2. The second-order valence-corrected chi connectivity index (χ2v) is 9.95. The fraction of sp³-hybridized carbons (Fsp3) is 0.478. The molecule has 1 saturated carbocycles. The predicted octanol–water partition coefficient (Wildman–Crippen LogP) is 3.69. The van der Waals surface area contributed by atoms with Gasteiger partial charge in [0.25, 0.3) is 17.1 Å². The molecule has 32 heavy (non-hydrogen) atoms. The van der Waals surface area contributed by atoms with Gasteiger partial charge in [0.2, 0.25) is 5.91 Å². The molecule has 1 unspecified atom stereocenters. The van der Waals surface area contributed by atoms with Crippen molar-refractivity contribution in [2.24, 2.45) is 11.8 Å². The Hall–Kier alpha value is -2.32. The first-order valence-electron chi connectivity index (χ1n) is 10.9. The molecule has 2 heterocycles. The molecule has 0 radical (unpaired) electrons. The summed E-state index contributed by atoms with van der Waals surface area (Å²) in [7, 11) is 0. The lowest BCUT2D eigenvalue weighted by atomic mass is 10.0. The summed E-state index contributed by atoms with van der Waals surface area (Å²) in [6.45, 7) is 3.31. The monoisotopic (exact) mass is 475 g/mol. The summed E-state index contributed by atoms with van der Waals surface area (Å²) in [6.07, 6.45) is 3.43. The van der Waals surface area contributed by atoms with Crippen molar-refractivity contribution < 1.29 is 19.2 Å². The van der Waals surface area contributed by atoms with Gasteiger partial charge in [0.05, 0.1) is 15.5 Å². The second-order valence-electron chi connectivity index (χ2n) is 8.58. The number of nitrogens with one attached hydrogen (secondary N) is 1. The van der Waals surface area contributed by atoms with Crippen LogP contribution in [0.4, 0.5) is 4.79 Å². The SMILES string of the molecule is CC(CNC(=O)CN1C(=O)SC(=C2CCN(C(=O)c3ccccc3Cl)CC2)C1=O)C1CC1. The van der Waals surface area contributed by atoms with Gasteiger partial charge in [-0.05, 0) is 67.0 Å². The number of hydrogen-bond acceptors (Lipinski definition) is 5. The van der Waals surface area contributed by atoms with Gasteiger partial charge in [0, 0.05) is 19.6 Å². The number of likely N-dealkylation sites (tertiary alicyclic amines) is 1. The van der Waals surface area contributed by atoms with E-state index in [2.05, 4.69) is 12.2 Å². The maximum atomic E-state index is 12.8. The van der Waals surface area contributed by atoms with E-state index in [0.717, 1.165) is 22.2 Å². The normalized spacial score (nSPS) is 20.1. The van der Waals surface area contributed by atoms with Gasteiger partial charge in [-0.3, -0.25) is 24.1 Å². The van der Waals surface area contributed by atoms with Crippen LogP contribution in [-0.2, 0) is 9.59 Å². The van der Waals surface area contributed by atoms with Gasteiger partial charge in [-0.15, -0.1) is 0 Å². The van der Waals surface area contributed by atoms with Crippen molar-refractivity contribution in [1.82, 2.24) is 15.1 Å². The molecule has 7 nitrogen and oxygen atoms in total. The number of carbonyl (C=O) groups is 4. The number of halogens is 1. The molecule has 4 amide bonds. The largest absolute Gasteiger partial charge is 0.354 e. The second kappa shape index (κ2) is 9.67. The smallest absolute Gasteiger partial charge is 0.294 e. The van der Waals surface area contributed by atoms with E-state index in [9.17, 15) is 19.2 Å². The summed E-state index contributed by atoms with van der Waals surface area (Å²) in [5.41, 5.74) is 1.32. The Kier molecular flexibility index (Phi) is 6.90. The molecule has 3 aliphatic rings. The van der Waals surface area contributed by atoms with Crippen LogP contribution in [-0.4, -0.2) is 58.9 Å². The Morgan fingerprint density at radius 1 is 1.19 bits per heavy atom. The van der Waals surface area contributed by atoms with Crippen molar-refractivity contribution in [3.8, 4) is 0 Å². The van der Waals surface area contributed by atoms with Crippen LogP contribution in [0, 0.1) is 11.8 Å². The third-order valence-corrected chi connectivity index (χ3v) is 7.67. The summed E-state index contributed by atoms with van der Waals surface area (Å²) in [5.74, 6) is 0.222. The first kappa shape index (κ1) is 22.9. The van der Waals surface area contributed by atoms with Crippen LogP contribution < -0.4 is 5.32 Å². The van der Waals surface area contributed by atoms with Gasteiger partial charge in [-0.2, -0.15) is 0 Å². The van der Waals surface area contributed by atoms with Gasteiger partial charge in [-0.1, -0.05) is 30.7 Å². The highest BCUT2D eigenvalue weighted by atomic mass is 35.5. The van der Waals surface area contributed by atoms with Crippen molar-refractivity contribution in [3.05, 3.63) is 45.3 Å². The van der Waals surface area contributed by atoms with E-state index in [4.69, 9.17) is 11.6 Å². The topological polar surface area (TPSA) is 86.8 Å². The van der Waals surface area contributed by atoms with Gasteiger partial charge in [-0.25, -0.2) is 0 Å². The van der Waals surface area contributed by atoms with Crippen LogP contribution in [0.1, 0.15) is 43.0 Å². The molecular weight excluding hydrogens is 450 g/mol. The molecule has 2 aliphatic heterocycles. The Morgan fingerprint density at radius 3 is 2.53 bits per heavy atom. The fourth-order valence-electron chi connectivity index (χ4n) is 4.07. The van der Waals surface area contributed by atoms with Crippen molar-refractivity contribution in [1.29, 1.82) is 0 Å². The van der Waals surface area contributed by atoms with E-state index in [1.807, 2.05) is 0 Å². The molecular formula is C23H26ClN3O4S. The van der Waals surface area contributed by atoms with Gasteiger partial charge < -0.3 is 10.2 Å². The quantitative estimate of drug-likeness (QED) is 0.634. The molecule has 2 saturated heterocycles. The lowest BCUT2D eigenvalue weighted by Crippen LogP contribution is -2.41. The summed E-state index contributed by atoms with van der Waals surface area (Å²) in [6, 6.07) is 6.93. The molecule has 0 spiro atoms. The number of hydrogen-bond donors (Lipinski definition) is 1. The Bertz CT molecular complexity index is 981. The zero-order valence-electron chi connectivity index (χ0n) is 17.9. The highest BCUT2D eigenvalue weighted by Crippen LogP contribution is 2.37. The number of imide groups is 1. The Labute approximate surface area is 196 Å². The van der Waals surface area contributed by atoms with E-state index in [1.165, 1.54) is 12.8 Å². The van der Waals surface area contributed by atoms with Crippen LogP contribution in [0.25, 0.3) is 0 Å². The molecule has 9 heteroatoms. The van der Waals surface area contributed by atoms with Crippen molar-refractivity contribution in [2.45, 2.75) is 32.6 Å². The third-order valence-electron chi connectivity index (χ3n) is 6.28. The minimum atomic E-state index is -0.419. The molecule has 3 fully saturated rings. The summed E-state index contributed by atoms with van der Waals surface area (Å²) in [5, 5.41) is 2.83. The van der Waals surface area contributed by atoms with Crippen LogP contribution in [0.15, 0.2) is 34.7 Å². The number of amides is 4. The molecule has 0 aromatic heterocycles. The van der Waals surface area contributed by atoms with Crippen LogP contribution in [0.3, 0.4) is 0 Å². The third kappa shape index (κ3) is 5.02. The van der Waals surface area contributed by atoms with Crippen molar-refractivity contribution in [2.75, 3.05) is 26.2 Å². The minimum absolute atomic E-state index is 0.139. The first-order valence-corrected chi connectivity index (χ1v) is 12.1. The first-order chi connectivity index (χ1) is 15.3. The lowest BCUT2D eigenvalue weighted by Gasteiger charge is -2.29. The van der Waals surface area contributed by atoms with Gasteiger partial charge >= 0.3 is 0 Å². The van der Waals surface area contributed by atoms with Gasteiger partial charge in [0.1, 0.15) is 6.54 Å². The molecule has 1 aromatic carbocycles. The number of rotatable bonds is 6. The van der Waals surface area contributed by atoms with Crippen LogP contribution in [0.5, 0.6) is 0 Å². The van der Waals surface area contributed by atoms with Crippen LogP contribution in [0.2, 0.25) is 5.02 Å². The minimum Gasteiger partial charge on any atom is -0.354 e. The maximum absolute atomic E-state index is 12.8. The lowest BCUT2D eigenvalue weighted by molar-refractivity contribution is -0.129. The number of benzene rings is 1. The van der Waals surface area contributed by atoms with E-state index in [-0.39, 0.29) is 18.4 Å². The molecule has 4 rings (SSSR count). The molecule has 170 valence electrons. The number of thioether (sulfide) groups is 1. The molecule has 1 atom stereocenters. The average molecular weight is 476 g/mol. The zero-order valence-corrected chi connectivity index (χ0v) is 19.5. The summed E-state index contributed by atoms with van der Waals surface area (Å²) >= 11 is 7.03. The highest BCUT2D eigenvalue weighted by molar-refractivity contribution is 8.18. The van der Waals surface area contributed by atoms with E-state index < -0.39 is 11.1 Å². The molecule has 1 aliphatic carbocycles. The van der Waals surface area contributed by atoms with E-state index >= 15 is 0 Å². The standard InChI is InChI=1S/C23H26ClN3O4S/c1-14(15-6-7-15)12-25-19(28)13-27-22(30)20(32-23(27)31)16-8-10-26(11-9-16)21(29)17-4-2-3-5-18(17)24/h2-5,14-15H,6-13H2,1H3,(H,25,28). The van der Waals surface area contributed by atoms with Crippen molar-refractivity contribution >= 4 is 46.3 Å². The summed E-state index contributed by atoms with van der Waals surface area (Å²) < 4.78 is 0. The molecule has 0 bridgehead atoms. The zero-order chi connectivity index (χ0) is 22.8. The van der Waals surface area contributed by atoms with Crippen molar-refractivity contribution in [3.63, 3.8) is 0 Å². The van der Waals surface area contributed by atoms with Gasteiger partial charge in [0.15, 0.2) is 0 Å². The number of piperidine rings is 1. The predicted molar refractivity (Wildman–Crippen MR) is 123 cm³/mol.